The van der Waals surface area contributed by atoms with Gasteiger partial charge in [0.1, 0.15) is 0 Å². The van der Waals surface area contributed by atoms with E-state index in [9.17, 15) is 0 Å². The summed E-state index contributed by atoms with van der Waals surface area (Å²) in [5.74, 6) is 0. The Kier molecular flexibility index (Phi) is 6.44. The van der Waals surface area contributed by atoms with Gasteiger partial charge in [-0.2, -0.15) is 0 Å². The monoisotopic (exact) mass is 634 g/mol. The van der Waals surface area contributed by atoms with Crippen LogP contribution in [0.2, 0.25) is 0 Å². The molecule has 0 saturated carbocycles. The number of para-hydroxylation sites is 1. The minimum absolute atomic E-state index is 1.08. The quantitative estimate of drug-likeness (QED) is 0.178. The Labute approximate surface area is 290 Å². The van der Waals surface area contributed by atoms with Gasteiger partial charge in [-0.05, 0) is 100 Å². The van der Waals surface area contributed by atoms with Crippen molar-refractivity contribution < 1.29 is 0 Å². The Morgan fingerprint density at radius 3 is 1.40 bits per heavy atom. The predicted octanol–water partition coefficient (Wildman–Crippen LogP) is 12.5. The summed E-state index contributed by atoms with van der Waals surface area (Å²) in [5, 5.41) is 4.73. The lowest BCUT2D eigenvalue weighted by atomic mass is 10.0. The third-order valence-corrected chi connectivity index (χ3v) is 10.00. The molecule has 0 radical (unpaired) electrons. The number of hydrogen-bond donors (Lipinski definition) is 0. The smallest absolute Gasteiger partial charge is 0.0631 e. The number of fused-ring (bicyclic) bond motifs is 6. The third kappa shape index (κ3) is 4.53. The zero-order valence-electron chi connectivity index (χ0n) is 27.2. The van der Waals surface area contributed by atoms with E-state index in [-0.39, 0.29) is 0 Å². The van der Waals surface area contributed by atoms with Gasteiger partial charge in [-0.25, -0.2) is 0 Å². The molecular weight excluding hydrogens is 605 g/mol. The molecule has 8 aromatic carbocycles. The van der Waals surface area contributed by atoms with Gasteiger partial charge < -0.3 is 9.13 Å². The fourth-order valence-corrected chi connectivity index (χ4v) is 7.59. The van der Waals surface area contributed by atoms with E-state index in [1.807, 2.05) is 6.07 Å². The molecule has 0 aliphatic carbocycles. The molecule has 10 rings (SSSR count). The molecule has 2 heteroatoms. The van der Waals surface area contributed by atoms with Crippen molar-refractivity contribution in [2.45, 2.75) is 0 Å². The lowest BCUT2D eigenvalue weighted by Gasteiger charge is -2.10. The molecule has 0 bridgehead atoms. The van der Waals surface area contributed by atoms with Crippen molar-refractivity contribution in [3.8, 4) is 44.8 Å². The second-order valence-corrected chi connectivity index (χ2v) is 12.8. The van der Waals surface area contributed by atoms with Crippen LogP contribution in [0.15, 0.2) is 182 Å². The molecule has 0 spiro atoms. The van der Waals surface area contributed by atoms with E-state index in [0.29, 0.717) is 0 Å². The molecule has 2 aromatic heterocycles. The van der Waals surface area contributed by atoms with E-state index < -0.39 is 0 Å². The summed E-state index contributed by atoms with van der Waals surface area (Å²) in [7, 11) is 0. The molecule has 50 heavy (non-hydrogen) atoms. The van der Waals surface area contributed by atoms with Crippen molar-refractivity contribution in [1.29, 1.82) is 0 Å². The molecular formula is C48H30N2. The van der Waals surface area contributed by atoms with Crippen molar-refractivity contribution in [3.05, 3.63) is 194 Å². The van der Waals surface area contributed by atoms with E-state index >= 15 is 0 Å². The summed E-state index contributed by atoms with van der Waals surface area (Å²) in [6.07, 6.45) is 0. The van der Waals surface area contributed by atoms with Crippen LogP contribution in [-0.4, -0.2) is 9.13 Å². The molecule has 0 aliphatic heterocycles. The first-order valence-corrected chi connectivity index (χ1v) is 17.0. The highest BCUT2D eigenvalue weighted by atomic mass is 15.0. The summed E-state index contributed by atoms with van der Waals surface area (Å²) < 4.78 is 4.72. The Balaban J connectivity index is 1.08. The normalized spacial score (nSPS) is 11.4. The van der Waals surface area contributed by atoms with Crippen LogP contribution in [0, 0.1) is 12.1 Å². The van der Waals surface area contributed by atoms with Crippen molar-refractivity contribution in [3.63, 3.8) is 0 Å². The fourth-order valence-electron chi connectivity index (χ4n) is 7.59. The first-order chi connectivity index (χ1) is 24.8. The molecule has 0 amide bonds. The molecule has 10 aromatic rings. The summed E-state index contributed by atoms with van der Waals surface area (Å²) in [4.78, 5) is 0. The van der Waals surface area contributed by atoms with Crippen LogP contribution >= 0.6 is 0 Å². The average molecular weight is 635 g/mol. The van der Waals surface area contributed by atoms with Gasteiger partial charge in [0.25, 0.3) is 0 Å². The SMILES string of the molecule is c1ccc2c(c#1)c1cc(-c3ccc4c(c3)c3ccccc3n4-c3ccc(-c4ccccc4)cc3)ccc1n2-c1ccc(-c2ccccc2)cc1. The molecule has 0 atom stereocenters. The summed E-state index contributed by atoms with van der Waals surface area (Å²) in [6, 6.07) is 72.0. The zero-order chi connectivity index (χ0) is 33.0. The summed E-state index contributed by atoms with van der Waals surface area (Å²) in [5.41, 5.74) is 14.2. The van der Waals surface area contributed by atoms with Gasteiger partial charge in [0.15, 0.2) is 0 Å². The number of rotatable bonds is 5. The minimum Gasteiger partial charge on any atom is -0.309 e. The van der Waals surface area contributed by atoms with Crippen LogP contribution in [0.25, 0.3) is 88.4 Å². The van der Waals surface area contributed by atoms with Gasteiger partial charge >= 0.3 is 0 Å². The zero-order valence-corrected chi connectivity index (χ0v) is 27.2. The topological polar surface area (TPSA) is 9.86 Å². The van der Waals surface area contributed by atoms with Gasteiger partial charge in [0.2, 0.25) is 0 Å². The van der Waals surface area contributed by atoms with E-state index in [0.717, 1.165) is 27.8 Å². The molecule has 232 valence electrons. The van der Waals surface area contributed by atoms with Crippen molar-refractivity contribution in [2.24, 2.45) is 0 Å². The minimum atomic E-state index is 1.08. The molecule has 0 fully saturated rings. The van der Waals surface area contributed by atoms with Gasteiger partial charge in [-0.1, -0.05) is 127 Å². The maximum atomic E-state index is 3.44. The maximum Gasteiger partial charge on any atom is 0.0631 e. The van der Waals surface area contributed by atoms with Crippen LogP contribution in [0.3, 0.4) is 0 Å². The largest absolute Gasteiger partial charge is 0.309 e. The van der Waals surface area contributed by atoms with Crippen LogP contribution in [0.1, 0.15) is 0 Å². The van der Waals surface area contributed by atoms with E-state index in [1.165, 1.54) is 60.6 Å². The van der Waals surface area contributed by atoms with E-state index in [2.05, 4.69) is 197 Å². The first-order valence-electron chi connectivity index (χ1n) is 17.0. The van der Waals surface area contributed by atoms with Gasteiger partial charge in [-0.15, -0.1) is 0 Å². The molecule has 0 aliphatic rings. The van der Waals surface area contributed by atoms with Crippen LogP contribution in [0.5, 0.6) is 0 Å². The molecule has 2 nitrogen and oxygen atoms in total. The second kappa shape index (κ2) is 11.4. The van der Waals surface area contributed by atoms with Crippen molar-refractivity contribution in [2.75, 3.05) is 0 Å². The number of hydrogen-bond acceptors (Lipinski definition) is 0. The average Bonchev–Trinajstić information content (AvgIpc) is 3.71. The predicted molar refractivity (Wildman–Crippen MR) is 209 cm³/mol. The molecule has 0 N–H and O–H groups in total. The number of benzene rings is 7. The summed E-state index contributed by atoms with van der Waals surface area (Å²) in [6.45, 7) is 0. The Hall–Kier alpha value is -6.82. The van der Waals surface area contributed by atoms with Crippen molar-refractivity contribution in [1.82, 2.24) is 9.13 Å². The number of aromatic nitrogens is 2. The Morgan fingerprint density at radius 2 is 0.780 bits per heavy atom. The maximum absolute atomic E-state index is 3.44. The highest BCUT2D eigenvalue weighted by Crippen LogP contribution is 2.38. The van der Waals surface area contributed by atoms with E-state index in [1.54, 1.807) is 0 Å². The van der Waals surface area contributed by atoms with Crippen LogP contribution < -0.4 is 0 Å². The fraction of sp³-hybridized carbons (Fsp3) is 0. The van der Waals surface area contributed by atoms with E-state index in [4.69, 9.17) is 0 Å². The van der Waals surface area contributed by atoms with Crippen molar-refractivity contribution >= 4 is 43.6 Å². The molecule has 2 heterocycles. The standard InChI is InChI=1S/C48H30N2/c1-3-11-33(12-4-1)35-19-25-39(26-20-35)49-45-17-9-7-15-41(45)43-31-37(23-29-47(43)49)38-24-30-48-44(32-38)42-16-8-10-18-46(42)50(48)40-27-21-36(22-28-40)34-13-5-2-6-14-34/h1-7,9-15,17-32H. The lowest BCUT2D eigenvalue weighted by molar-refractivity contribution is 1.18. The highest BCUT2D eigenvalue weighted by Gasteiger charge is 2.16. The first kappa shape index (κ1) is 28.2. The molecule has 0 saturated heterocycles. The Morgan fingerprint density at radius 1 is 0.320 bits per heavy atom. The van der Waals surface area contributed by atoms with Gasteiger partial charge in [0.05, 0.1) is 27.5 Å². The highest BCUT2D eigenvalue weighted by molar-refractivity contribution is 6.12. The summed E-state index contributed by atoms with van der Waals surface area (Å²) >= 11 is 0. The van der Waals surface area contributed by atoms with Crippen LogP contribution in [0.4, 0.5) is 0 Å². The third-order valence-electron chi connectivity index (χ3n) is 10.00. The van der Waals surface area contributed by atoms with Gasteiger partial charge in [-0.3, -0.25) is 0 Å². The Bertz CT molecular complexity index is 2620. The lowest BCUT2D eigenvalue weighted by Crippen LogP contribution is -1.94. The van der Waals surface area contributed by atoms with Crippen LogP contribution in [-0.2, 0) is 0 Å². The molecule has 0 unspecified atom stereocenters. The second-order valence-electron chi connectivity index (χ2n) is 12.8. The van der Waals surface area contributed by atoms with Gasteiger partial charge in [0, 0.05) is 27.5 Å². The number of nitrogens with zero attached hydrogens (tertiary/aromatic N) is 2.